The molecular weight excluding hydrogens is 264 g/mol. The summed E-state index contributed by atoms with van der Waals surface area (Å²) in [5.41, 5.74) is 7.30. The maximum Gasteiger partial charge on any atom is 0.0170 e. The van der Waals surface area contributed by atoms with Gasteiger partial charge in [0, 0.05) is 5.92 Å². The summed E-state index contributed by atoms with van der Waals surface area (Å²) in [7, 11) is 0. The van der Waals surface area contributed by atoms with E-state index in [0.717, 1.165) is 12.8 Å². The van der Waals surface area contributed by atoms with Gasteiger partial charge in [0.2, 0.25) is 0 Å². The number of hydrogen-bond donors (Lipinski definition) is 0. The minimum atomic E-state index is 0.455. The zero-order chi connectivity index (χ0) is 14.9. The summed E-state index contributed by atoms with van der Waals surface area (Å²) in [4.78, 5) is 0. The molecule has 0 N–H and O–H groups in total. The maximum atomic E-state index is 4.01. The zero-order valence-corrected chi connectivity index (χ0v) is 12.7. The summed E-state index contributed by atoms with van der Waals surface area (Å²) < 4.78 is 0. The third-order valence-corrected chi connectivity index (χ3v) is 4.98. The SMILES string of the molecule is C=CCC(C1=CC=CC1)C1c2ccccc2-c2ccccc21. The van der Waals surface area contributed by atoms with Gasteiger partial charge in [0.05, 0.1) is 0 Å². The molecule has 0 saturated carbocycles. The van der Waals surface area contributed by atoms with Crippen LogP contribution in [0.1, 0.15) is 29.9 Å². The summed E-state index contributed by atoms with van der Waals surface area (Å²) in [6, 6.07) is 17.8. The highest BCUT2D eigenvalue weighted by molar-refractivity contribution is 5.79. The molecule has 0 aliphatic heterocycles. The molecule has 0 radical (unpaired) electrons. The van der Waals surface area contributed by atoms with E-state index in [9.17, 15) is 0 Å². The molecule has 0 nitrogen and oxygen atoms in total. The minimum Gasteiger partial charge on any atom is -0.103 e. The monoisotopic (exact) mass is 284 g/mol. The lowest BCUT2D eigenvalue weighted by molar-refractivity contribution is 0.547. The fraction of sp³-hybridized carbons (Fsp3) is 0.182. The predicted octanol–water partition coefficient (Wildman–Crippen LogP) is 5.88. The molecule has 0 spiro atoms. The molecule has 1 unspecified atom stereocenters. The van der Waals surface area contributed by atoms with Gasteiger partial charge in [-0.2, -0.15) is 0 Å². The first-order valence-electron chi connectivity index (χ1n) is 8.05. The van der Waals surface area contributed by atoms with Gasteiger partial charge in [-0.15, -0.1) is 6.58 Å². The van der Waals surface area contributed by atoms with Crippen molar-refractivity contribution in [3.63, 3.8) is 0 Å². The van der Waals surface area contributed by atoms with Crippen LogP contribution in [0.4, 0.5) is 0 Å². The van der Waals surface area contributed by atoms with Gasteiger partial charge in [-0.05, 0) is 41.0 Å². The molecule has 2 aliphatic carbocycles. The smallest absolute Gasteiger partial charge is 0.0170 e. The van der Waals surface area contributed by atoms with Gasteiger partial charge in [0.1, 0.15) is 0 Å². The first kappa shape index (κ1) is 13.3. The summed E-state index contributed by atoms with van der Waals surface area (Å²) in [6.45, 7) is 4.01. The molecule has 22 heavy (non-hydrogen) atoms. The quantitative estimate of drug-likeness (QED) is 0.615. The van der Waals surface area contributed by atoms with E-state index in [2.05, 4.69) is 79.4 Å². The molecule has 2 aliphatic rings. The molecule has 0 amide bonds. The Kier molecular flexibility index (Phi) is 3.31. The first-order valence-corrected chi connectivity index (χ1v) is 8.05. The molecule has 0 heteroatoms. The van der Waals surface area contributed by atoms with Gasteiger partial charge in [-0.3, -0.25) is 0 Å². The van der Waals surface area contributed by atoms with Gasteiger partial charge in [0.15, 0.2) is 0 Å². The Morgan fingerprint density at radius 3 is 2.18 bits per heavy atom. The molecule has 0 fully saturated rings. The first-order chi connectivity index (χ1) is 10.9. The number of allylic oxidation sites excluding steroid dienone is 5. The molecule has 2 aromatic carbocycles. The second kappa shape index (κ2) is 5.46. The second-order valence-electron chi connectivity index (χ2n) is 6.16. The molecule has 0 bridgehead atoms. The average molecular weight is 284 g/mol. The number of fused-ring (bicyclic) bond motifs is 3. The van der Waals surface area contributed by atoms with Crippen LogP contribution in [0.15, 0.2) is 85.0 Å². The van der Waals surface area contributed by atoms with E-state index in [4.69, 9.17) is 0 Å². The molecule has 4 rings (SSSR count). The molecule has 2 aromatic rings. The Balaban J connectivity index is 1.87. The third-order valence-electron chi connectivity index (χ3n) is 4.98. The number of hydrogen-bond acceptors (Lipinski definition) is 0. The van der Waals surface area contributed by atoms with E-state index in [1.165, 1.54) is 27.8 Å². The van der Waals surface area contributed by atoms with Gasteiger partial charge in [-0.1, -0.05) is 78.4 Å². The number of rotatable bonds is 4. The van der Waals surface area contributed by atoms with Crippen LogP contribution in [-0.2, 0) is 0 Å². The van der Waals surface area contributed by atoms with E-state index < -0.39 is 0 Å². The average Bonchev–Trinajstić information content (AvgIpc) is 3.20. The predicted molar refractivity (Wildman–Crippen MR) is 93.9 cm³/mol. The summed E-state index contributed by atoms with van der Waals surface area (Å²) >= 11 is 0. The van der Waals surface area contributed by atoms with Crippen LogP contribution < -0.4 is 0 Å². The Hall–Kier alpha value is -2.34. The van der Waals surface area contributed by atoms with E-state index in [1.54, 1.807) is 0 Å². The van der Waals surface area contributed by atoms with Crippen molar-refractivity contribution < 1.29 is 0 Å². The Morgan fingerprint density at radius 1 is 1.00 bits per heavy atom. The number of benzene rings is 2. The van der Waals surface area contributed by atoms with Gasteiger partial charge in [0.25, 0.3) is 0 Å². The maximum absolute atomic E-state index is 4.01. The summed E-state index contributed by atoms with van der Waals surface area (Å²) in [5, 5.41) is 0. The second-order valence-corrected chi connectivity index (χ2v) is 6.16. The van der Waals surface area contributed by atoms with Crippen LogP contribution >= 0.6 is 0 Å². The highest BCUT2D eigenvalue weighted by Gasteiger charge is 2.34. The van der Waals surface area contributed by atoms with Crippen molar-refractivity contribution in [2.24, 2.45) is 5.92 Å². The topological polar surface area (TPSA) is 0 Å². The molecule has 1 atom stereocenters. The highest BCUT2D eigenvalue weighted by atomic mass is 14.4. The van der Waals surface area contributed by atoms with Crippen LogP contribution in [0.5, 0.6) is 0 Å². The largest absolute Gasteiger partial charge is 0.103 e. The fourth-order valence-corrected chi connectivity index (χ4v) is 4.05. The standard InChI is InChI=1S/C22H20/c1-2-9-17(16-10-3-4-11-16)22-20-14-7-5-12-18(20)19-13-6-8-15-21(19)22/h2-8,10,12-15,17,22H,1,9,11H2. The van der Waals surface area contributed by atoms with Crippen LogP contribution in [0.3, 0.4) is 0 Å². The molecular formula is C22H20. The lowest BCUT2D eigenvalue weighted by Gasteiger charge is -2.26. The van der Waals surface area contributed by atoms with E-state index >= 15 is 0 Å². The van der Waals surface area contributed by atoms with Crippen molar-refractivity contribution in [3.8, 4) is 11.1 Å². The van der Waals surface area contributed by atoms with E-state index in [-0.39, 0.29) is 0 Å². The normalized spacial score (nSPS) is 17.0. The Bertz CT molecular complexity index is 731. The van der Waals surface area contributed by atoms with Gasteiger partial charge in [-0.25, -0.2) is 0 Å². The molecule has 108 valence electrons. The van der Waals surface area contributed by atoms with Gasteiger partial charge >= 0.3 is 0 Å². The minimum absolute atomic E-state index is 0.455. The lowest BCUT2D eigenvalue weighted by atomic mass is 9.77. The molecule has 0 heterocycles. The van der Waals surface area contributed by atoms with Crippen LogP contribution in [0.2, 0.25) is 0 Å². The summed E-state index contributed by atoms with van der Waals surface area (Å²) in [5.74, 6) is 0.967. The third kappa shape index (κ3) is 1.99. The van der Waals surface area contributed by atoms with Crippen molar-refractivity contribution in [3.05, 3.63) is 96.1 Å². The van der Waals surface area contributed by atoms with Crippen molar-refractivity contribution >= 4 is 0 Å². The Labute approximate surface area is 132 Å². The van der Waals surface area contributed by atoms with Crippen LogP contribution in [0, 0.1) is 5.92 Å². The highest BCUT2D eigenvalue weighted by Crippen LogP contribution is 2.51. The fourth-order valence-electron chi connectivity index (χ4n) is 4.05. The molecule has 0 saturated heterocycles. The zero-order valence-electron chi connectivity index (χ0n) is 12.7. The lowest BCUT2D eigenvalue weighted by Crippen LogP contribution is -2.14. The van der Waals surface area contributed by atoms with Crippen molar-refractivity contribution in [2.75, 3.05) is 0 Å². The summed E-state index contributed by atoms with van der Waals surface area (Å²) in [6.07, 6.45) is 10.9. The van der Waals surface area contributed by atoms with Crippen molar-refractivity contribution in [1.82, 2.24) is 0 Å². The van der Waals surface area contributed by atoms with Crippen LogP contribution in [0.25, 0.3) is 11.1 Å². The van der Waals surface area contributed by atoms with Gasteiger partial charge < -0.3 is 0 Å². The van der Waals surface area contributed by atoms with E-state index in [0.29, 0.717) is 11.8 Å². The molecule has 0 aromatic heterocycles. The van der Waals surface area contributed by atoms with Crippen molar-refractivity contribution in [2.45, 2.75) is 18.8 Å². The van der Waals surface area contributed by atoms with Crippen molar-refractivity contribution in [1.29, 1.82) is 0 Å². The van der Waals surface area contributed by atoms with E-state index in [1.807, 2.05) is 0 Å². The van der Waals surface area contributed by atoms with Crippen LogP contribution in [-0.4, -0.2) is 0 Å². The Morgan fingerprint density at radius 2 is 1.64 bits per heavy atom.